The normalized spacial score (nSPS) is 14.7. The zero-order valence-corrected chi connectivity index (χ0v) is 18.8. The van der Waals surface area contributed by atoms with Crippen molar-refractivity contribution in [3.05, 3.63) is 72.7 Å². The quantitative estimate of drug-likeness (QED) is 0.310. The number of pyridine rings is 1. The molecule has 1 aliphatic rings. The first-order chi connectivity index (χ1) is 16.7. The van der Waals surface area contributed by atoms with E-state index < -0.39 is 0 Å². The molecular formula is C25H24N8O. The Morgan fingerprint density at radius 3 is 2.76 bits per heavy atom. The van der Waals surface area contributed by atoms with Crippen LogP contribution < -0.4 is 10.3 Å². The fourth-order valence-corrected chi connectivity index (χ4v) is 4.18. The molecule has 0 unspecified atom stereocenters. The molecular weight excluding hydrogens is 428 g/mol. The maximum Gasteiger partial charge on any atom is 0.160 e. The lowest BCUT2D eigenvalue weighted by molar-refractivity contribution is 0.122. The van der Waals surface area contributed by atoms with Crippen molar-refractivity contribution >= 4 is 33.9 Å². The summed E-state index contributed by atoms with van der Waals surface area (Å²) in [5.74, 6) is 1.62. The predicted octanol–water partition coefficient (Wildman–Crippen LogP) is 3.95. The van der Waals surface area contributed by atoms with Crippen LogP contribution in [0.2, 0.25) is 0 Å². The van der Waals surface area contributed by atoms with Gasteiger partial charge in [-0.1, -0.05) is 12.1 Å². The van der Waals surface area contributed by atoms with E-state index in [4.69, 9.17) is 14.8 Å². The van der Waals surface area contributed by atoms with Gasteiger partial charge in [-0.25, -0.2) is 4.98 Å². The average molecular weight is 453 g/mol. The summed E-state index contributed by atoms with van der Waals surface area (Å²) < 4.78 is 7.45. The van der Waals surface area contributed by atoms with E-state index in [1.54, 1.807) is 12.4 Å². The van der Waals surface area contributed by atoms with Crippen molar-refractivity contribution in [2.75, 3.05) is 36.6 Å². The molecule has 0 bridgehead atoms. The molecule has 5 aromatic rings. The van der Waals surface area contributed by atoms with E-state index in [0.717, 1.165) is 52.6 Å². The van der Waals surface area contributed by atoms with E-state index in [1.165, 1.54) is 5.39 Å². The Morgan fingerprint density at radius 1 is 1.06 bits per heavy atom. The number of fused-ring (bicyclic) bond motifs is 2. The fourth-order valence-electron chi connectivity index (χ4n) is 4.18. The molecule has 9 nitrogen and oxygen atoms in total. The Morgan fingerprint density at radius 2 is 1.91 bits per heavy atom. The van der Waals surface area contributed by atoms with Gasteiger partial charge in [0, 0.05) is 54.9 Å². The van der Waals surface area contributed by atoms with Crippen LogP contribution in [0.1, 0.15) is 12.5 Å². The van der Waals surface area contributed by atoms with Crippen molar-refractivity contribution in [1.82, 2.24) is 24.6 Å². The summed E-state index contributed by atoms with van der Waals surface area (Å²) in [5.41, 5.74) is 8.76. The highest BCUT2D eigenvalue weighted by Gasteiger charge is 2.18. The Balaban J connectivity index is 1.37. The molecule has 9 heteroatoms. The topological polar surface area (TPSA) is 95.7 Å². The molecule has 1 aromatic carbocycles. The second-order valence-corrected chi connectivity index (χ2v) is 8.22. The summed E-state index contributed by atoms with van der Waals surface area (Å²) in [7, 11) is 0. The first-order valence-corrected chi connectivity index (χ1v) is 11.3. The standard InChI is InChI=1S/C25H24N8O/c1-17(20-3-2-18-6-9-27-21(18)14-20)29-30-23-16-25(32-10-12-34-13-11-32)33-24(28-23)15-22(31-33)19-4-7-26-8-5-19/h2-9,14-16,27H,10-13H2,1H3,(H,28,30). The van der Waals surface area contributed by atoms with E-state index in [9.17, 15) is 0 Å². The molecule has 1 fully saturated rings. The summed E-state index contributed by atoms with van der Waals surface area (Å²) in [6.45, 7) is 4.94. The molecule has 34 heavy (non-hydrogen) atoms. The minimum Gasteiger partial charge on any atom is -0.378 e. The monoisotopic (exact) mass is 452 g/mol. The lowest BCUT2D eigenvalue weighted by atomic mass is 10.1. The Bertz CT molecular complexity index is 1480. The van der Waals surface area contributed by atoms with Crippen molar-refractivity contribution in [2.24, 2.45) is 5.10 Å². The third-order valence-corrected chi connectivity index (χ3v) is 6.03. The minimum absolute atomic E-state index is 0.662. The number of hydrogen-bond acceptors (Lipinski definition) is 7. The van der Waals surface area contributed by atoms with Gasteiger partial charge in [-0.15, -0.1) is 0 Å². The van der Waals surface area contributed by atoms with Gasteiger partial charge in [-0.05, 0) is 42.1 Å². The molecule has 4 aromatic heterocycles. The SMILES string of the molecule is CC(=NNc1cc(N2CCOCC2)n2nc(-c3ccncc3)cc2n1)c1ccc2cc[nH]c2c1. The lowest BCUT2D eigenvalue weighted by Gasteiger charge is -2.29. The van der Waals surface area contributed by atoms with E-state index in [1.807, 2.05) is 41.9 Å². The molecule has 0 atom stereocenters. The van der Waals surface area contributed by atoms with Crippen LogP contribution in [-0.4, -0.2) is 56.6 Å². The van der Waals surface area contributed by atoms with Crippen LogP contribution in [-0.2, 0) is 4.74 Å². The predicted molar refractivity (Wildman–Crippen MR) is 133 cm³/mol. The third kappa shape index (κ3) is 3.86. The fraction of sp³-hybridized carbons (Fsp3) is 0.200. The highest BCUT2D eigenvalue weighted by Crippen LogP contribution is 2.26. The number of H-pyrrole nitrogens is 1. The van der Waals surface area contributed by atoms with Gasteiger partial charge in [0.05, 0.1) is 24.6 Å². The van der Waals surface area contributed by atoms with E-state index >= 15 is 0 Å². The van der Waals surface area contributed by atoms with Gasteiger partial charge in [0.25, 0.3) is 0 Å². The number of hydrazone groups is 1. The highest BCUT2D eigenvalue weighted by molar-refractivity contribution is 6.01. The molecule has 0 spiro atoms. The van der Waals surface area contributed by atoms with Gasteiger partial charge in [0.2, 0.25) is 0 Å². The molecule has 0 saturated carbocycles. The van der Waals surface area contributed by atoms with Gasteiger partial charge in [0.1, 0.15) is 5.82 Å². The van der Waals surface area contributed by atoms with Crippen LogP contribution in [0.3, 0.4) is 0 Å². The number of anilines is 2. The first kappa shape index (κ1) is 20.4. The van der Waals surface area contributed by atoms with Crippen LogP contribution in [0, 0.1) is 0 Å². The summed E-state index contributed by atoms with van der Waals surface area (Å²) in [6.07, 6.45) is 5.48. The molecule has 0 radical (unpaired) electrons. The van der Waals surface area contributed by atoms with Crippen molar-refractivity contribution in [2.45, 2.75) is 6.92 Å². The third-order valence-electron chi connectivity index (χ3n) is 6.03. The zero-order chi connectivity index (χ0) is 22.9. The summed E-state index contributed by atoms with van der Waals surface area (Å²) >= 11 is 0. The minimum atomic E-state index is 0.662. The molecule has 2 N–H and O–H groups in total. The van der Waals surface area contributed by atoms with Crippen molar-refractivity contribution in [3.8, 4) is 11.3 Å². The molecule has 6 rings (SSSR count). The summed E-state index contributed by atoms with van der Waals surface area (Å²) in [4.78, 5) is 14.4. The maximum atomic E-state index is 5.56. The molecule has 0 amide bonds. The molecule has 5 heterocycles. The van der Waals surface area contributed by atoms with E-state index in [2.05, 4.69) is 49.7 Å². The number of nitrogens with zero attached hydrogens (tertiary/aromatic N) is 6. The van der Waals surface area contributed by atoms with Gasteiger partial charge in [-0.2, -0.15) is 14.7 Å². The Hall–Kier alpha value is -4.24. The highest BCUT2D eigenvalue weighted by atomic mass is 16.5. The number of rotatable bonds is 5. The second kappa shape index (κ2) is 8.60. The number of aromatic nitrogens is 5. The van der Waals surface area contributed by atoms with Crippen LogP contribution >= 0.6 is 0 Å². The molecule has 1 saturated heterocycles. The van der Waals surface area contributed by atoms with Gasteiger partial charge in [-0.3, -0.25) is 10.4 Å². The van der Waals surface area contributed by atoms with Crippen LogP contribution in [0.4, 0.5) is 11.6 Å². The van der Waals surface area contributed by atoms with Gasteiger partial charge < -0.3 is 14.6 Å². The Kier molecular flexibility index (Phi) is 5.15. The number of nitrogens with one attached hydrogen (secondary N) is 2. The maximum absolute atomic E-state index is 5.56. The lowest BCUT2D eigenvalue weighted by Crippen LogP contribution is -2.37. The average Bonchev–Trinajstić information content (AvgIpc) is 3.54. The molecule has 1 aliphatic heterocycles. The summed E-state index contributed by atoms with van der Waals surface area (Å²) in [6, 6.07) is 16.2. The Labute approximate surface area is 196 Å². The molecule has 0 aliphatic carbocycles. The number of aromatic amines is 1. The first-order valence-electron chi connectivity index (χ1n) is 11.3. The number of ether oxygens (including phenoxy) is 1. The largest absolute Gasteiger partial charge is 0.378 e. The number of hydrogen-bond donors (Lipinski definition) is 2. The van der Waals surface area contributed by atoms with Crippen molar-refractivity contribution < 1.29 is 4.74 Å². The number of benzene rings is 1. The van der Waals surface area contributed by atoms with E-state index in [0.29, 0.717) is 19.0 Å². The van der Waals surface area contributed by atoms with E-state index in [-0.39, 0.29) is 0 Å². The second-order valence-electron chi connectivity index (χ2n) is 8.22. The number of morpholine rings is 1. The van der Waals surface area contributed by atoms with Crippen molar-refractivity contribution in [1.29, 1.82) is 0 Å². The van der Waals surface area contributed by atoms with Crippen molar-refractivity contribution in [3.63, 3.8) is 0 Å². The zero-order valence-electron chi connectivity index (χ0n) is 18.8. The van der Waals surface area contributed by atoms with Gasteiger partial charge >= 0.3 is 0 Å². The summed E-state index contributed by atoms with van der Waals surface area (Å²) in [5, 5.41) is 10.6. The van der Waals surface area contributed by atoms with Crippen LogP contribution in [0.25, 0.3) is 27.8 Å². The van der Waals surface area contributed by atoms with Gasteiger partial charge in [0.15, 0.2) is 11.5 Å². The van der Waals surface area contributed by atoms with Crippen LogP contribution in [0.15, 0.2) is 72.2 Å². The smallest absolute Gasteiger partial charge is 0.160 e. The molecule has 170 valence electrons. The van der Waals surface area contributed by atoms with Crippen LogP contribution in [0.5, 0.6) is 0 Å².